The molecule has 0 fully saturated rings. The van der Waals surface area contributed by atoms with Crippen LogP contribution in [-0.2, 0) is 4.57 Å². The maximum absolute atomic E-state index is 12.1. The van der Waals surface area contributed by atoms with Crippen molar-refractivity contribution in [2.24, 2.45) is 0 Å². The average Bonchev–Trinajstić information content (AvgIpc) is 2.65. The first-order valence-electron chi connectivity index (χ1n) is 9.19. The minimum absolute atomic E-state index is 0.204. The number of hydrogen-bond donors (Lipinski definition) is 0. The number of anilines is 2. The number of carbonyl (C=O) groups is 1. The molecule has 2 aromatic rings. The van der Waals surface area contributed by atoms with E-state index >= 15 is 0 Å². The van der Waals surface area contributed by atoms with Gasteiger partial charge in [0.2, 0.25) is 0 Å². The van der Waals surface area contributed by atoms with Crippen molar-refractivity contribution in [2.75, 3.05) is 32.1 Å². The van der Waals surface area contributed by atoms with Crippen LogP contribution in [0.15, 0.2) is 52.3 Å². The summed E-state index contributed by atoms with van der Waals surface area (Å²) in [5.74, 6) is 0.204. The monoisotopic (exact) mass is 435 g/mol. The van der Waals surface area contributed by atoms with Crippen LogP contribution < -0.4 is 19.6 Å². The minimum atomic E-state index is -5.39. The molecule has 158 valence electrons. The number of nitrogens with zero attached hydrogens (tertiary/aromatic N) is 2. The highest BCUT2D eigenvalue weighted by Crippen LogP contribution is 2.48. The second kappa shape index (κ2) is 10.4. The molecule has 1 heterocycles. The quantitative estimate of drug-likeness (QED) is 0.501. The van der Waals surface area contributed by atoms with Crippen LogP contribution in [0.25, 0.3) is 0 Å². The van der Waals surface area contributed by atoms with Crippen LogP contribution in [0.5, 0.6) is 0 Å². The average molecular weight is 435 g/mol. The Balaban J connectivity index is 0.000000537. The van der Waals surface area contributed by atoms with Crippen molar-refractivity contribution in [1.29, 1.82) is 0 Å². The normalized spacial score (nSPS) is 12.7. The topological polar surface area (TPSA) is 110 Å². The number of benzene rings is 2. The Bertz CT molecular complexity index is 892. The zero-order valence-electron chi connectivity index (χ0n) is 16.7. The first-order chi connectivity index (χ1) is 13.6. The molecule has 7 nitrogen and oxygen atoms in total. The number of Topliss-reactive ketones (excluding diaryl/α,β-unsaturated/α-hetero) is 1. The summed E-state index contributed by atoms with van der Waals surface area (Å²) >= 11 is 1.79. The number of ketones is 1. The summed E-state index contributed by atoms with van der Waals surface area (Å²) < 4.78 is 8.55. The summed E-state index contributed by atoms with van der Waals surface area (Å²) in [6, 6.07) is 14.7. The molecule has 29 heavy (non-hydrogen) atoms. The van der Waals surface area contributed by atoms with E-state index in [2.05, 4.69) is 60.3 Å². The van der Waals surface area contributed by atoms with Crippen molar-refractivity contribution < 1.29 is 24.0 Å². The molecule has 0 radical (unpaired) electrons. The Morgan fingerprint density at radius 3 is 2.31 bits per heavy atom. The molecule has 0 saturated heterocycles. The Labute approximate surface area is 175 Å². The van der Waals surface area contributed by atoms with Gasteiger partial charge in [-0.3, -0.25) is 4.79 Å². The van der Waals surface area contributed by atoms with Gasteiger partial charge in [-0.25, -0.2) is 0 Å². The summed E-state index contributed by atoms with van der Waals surface area (Å²) in [4.78, 5) is 44.9. The largest absolute Gasteiger partial charge is 0.822 e. The third-order valence-electron chi connectivity index (χ3n) is 4.26. The van der Waals surface area contributed by atoms with E-state index in [1.807, 2.05) is 13.0 Å². The number of hydrogen-bond acceptors (Lipinski definition) is 8. The van der Waals surface area contributed by atoms with Gasteiger partial charge in [-0.15, -0.1) is 0 Å². The standard InChI is InChI=1S/C20H24N2OS.H3O4P/c1-4-18(23)15-10-11-20-17(14-15)22(13-7-12-21(2)3)16-8-5-6-9-19(16)24-20;1-5(2,3)4/h5-6,8-11,14H,4,7,12-13H2,1-3H3;(H3,1,2,3,4)/p-3. The van der Waals surface area contributed by atoms with Crippen LogP contribution >= 0.6 is 19.6 Å². The SMILES string of the molecule is CCC(=O)c1ccc2c(c1)N(CCCN(C)C)c1ccccc1S2.O=P([O-])([O-])[O-]. The van der Waals surface area contributed by atoms with E-state index in [0.717, 1.165) is 30.8 Å². The lowest BCUT2D eigenvalue weighted by molar-refractivity contribution is -0.432. The lowest BCUT2D eigenvalue weighted by Gasteiger charge is -2.36. The van der Waals surface area contributed by atoms with Crippen LogP contribution in [0.1, 0.15) is 30.1 Å². The van der Waals surface area contributed by atoms with E-state index in [1.165, 1.54) is 15.5 Å². The maximum atomic E-state index is 12.1. The Morgan fingerprint density at radius 2 is 1.69 bits per heavy atom. The van der Waals surface area contributed by atoms with E-state index in [-0.39, 0.29) is 5.78 Å². The maximum Gasteiger partial charge on any atom is 0.162 e. The van der Waals surface area contributed by atoms with Crippen LogP contribution in [0.3, 0.4) is 0 Å². The Morgan fingerprint density at radius 1 is 1.07 bits per heavy atom. The summed E-state index contributed by atoms with van der Waals surface area (Å²) in [5, 5.41) is 0. The van der Waals surface area contributed by atoms with Gasteiger partial charge in [-0.2, -0.15) is 7.82 Å². The predicted octanol–water partition coefficient (Wildman–Crippen LogP) is 2.01. The number of rotatable bonds is 6. The van der Waals surface area contributed by atoms with Crippen LogP contribution in [0, 0.1) is 0 Å². The van der Waals surface area contributed by atoms with E-state index in [0.29, 0.717) is 6.42 Å². The van der Waals surface area contributed by atoms with Gasteiger partial charge in [0.1, 0.15) is 0 Å². The van der Waals surface area contributed by atoms with Crippen LogP contribution in [0.2, 0.25) is 0 Å². The molecule has 0 spiro atoms. The smallest absolute Gasteiger partial charge is 0.162 e. The number of carbonyl (C=O) groups excluding carboxylic acids is 1. The third-order valence-corrected chi connectivity index (χ3v) is 5.39. The molecule has 9 heteroatoms. The minimum Gasteiger partial charge on any atom is -0.822 e. The van der Waals surface area contributed by atoms with Gasteiger partial charge in [-0.05, 0) is 51.3 Å². The molecule has 1 aliphatic rings. The number of para-hydroxylation sites is 1. The zero-order chi connectivity index (χ0) is 21.6. The summed E-state index contributed by atoms with van der Waals surface area (Å²) in [5.41, 5.74) is 3.22. The number of phosphoric acid groups is 1. The molecule has 0 unspecified atom stereocenters. The van der Waals surface area contributed by atoms with E-state index < -0.39 is 7.82 Å². The fourth-order valence-electron chi connectivity index (χ4n) is 2.99. The Kier molecular flexibility index (Phi) is 8.46. The molecule has 1 aliphatic heterocycles. The fourth-order valence-corrected chi connectivity index (χ4v) is 4.07. The van der Waals surface area contributed by atoms with Crippen LogP contribution in [0.4, 0.5) is 11.4 Å². The fraction of sp³-hybridized carbons (Fsp3) is 0.350. The molecule has 0 aliphatic carbocycles. The van der Waals surface area contributed by atoms with Crippen molar-refractivity contribution in [3.63, 3.8) is 0 Å². The molecule has 0 amide bonds. The van der Waals surface area contributed by atoms with Gasteiger partial charge in [0.05, 0.1) is 11.4 Å². The molecule has 0 N–H and O–H groups in total. The van der Waals surface area contributed by atoms with Crippen molar-refractivity contribution in [1.82, 2.24) is 4.90 Å². The molecular formula is C20H24N2O5PS-3. The Hall–Kier alpha value is -1.67. The molecule has 0 bridgehead atoms. The van der Waals surface area contributed by atoms with E-state index in [4.69, 9.17) is 19.2 Å². The first kappa shape index (κ1) is 23.6. The molecule has 0 aromatic heterocycles. The lowest BCUT2D eigenvalue weighted by atomic mass is 10.1. The van der Waals surface area contributed by atoms with Crippen LogP contribution in [-0.4, -0.2) is 37.9 Å². The summed E-state index contributed by atoms with van der Waals surface area (Å²) in [6.45, 7) is 3.92. The summed E-state index contributed by atoms with van der Waals surface area (Å²) in [7, 11) is -1.18. The van der Waals surface area contributed by atoms with Gasteiger partial charge < -0.3 is 29.0 Å². The molecule has 3 rings (SSSR count). The zero-order valence-corrected chi connectivity index (χ0v) is 18.4. The van der Waals surface area contributed by atoms with Crippen molar-refractivity contribution in [2.45, 2.75) is 29.6 Å². The van der Waals surface area contributed by atoms with Gasteiger partial charge in [-0.1, -0.05) is 36.9 Å². The highest BCUT2D eigenvalue weighted by Gasteiger charge is 2.23. The highest BCUT2D eigenvalue weighted by atomic mass is 32.2. The molecule has 0 saturated carbocycles. The molecule has 0 atom stereocenters. The summed E-state index contributed by atoms with van der Waals surface area (Å²) in [6.07, 6.45) is 1.63. The number of fused-ring (bicyclic) bond motifs is 2. The second-order valence-electron chi connectivity index (χ2n) is 6.78. The van der Waals surface area contributed by atoms with Gasteiger partial charge in [0, 0.05) is 28.3 Å². The third kappa shape index (κ3) is 7.26. The second-order valence-corrected chi connectivity index (χ2v) is 8.76. The lowest BCUT2D eigenvalue weighted by Crippen LogP contribution is -2.25. The predicted molar refractivity (Wildman–Crippen MR) is 109 cm³/mol. The molecular weight excluding hydrogens is 411 g/mol. The van der Waals surface area contributed by atoms with E-state index in [9.17, 15) is 4.79 Å². The van der Waals surface area contributed by atoms with Crippen molar-refractivity contribution in [3.8, 4) is 0 Å². The van der Waals surface area contributed by atoms with E-state index in [1.54, 1.807) is 11.8 Å². The van der Waals surface area contributed by atoms with Crippen molar-refractivity contribution in [3.05, 3.63) is 48.0 Å². The van der Waals surface area contributed by atoms with Gasteiger partial charge in [0.15, 0.2) is 5.78 Å². The van der Waals surface area contributed by atoms with Crippen molar-refractivity contribution >= 4 is 36.7 Å². The van der Waals surface area contributed by atoms with Gasteiger partial charge in [0.25, 0.3) is 0 Å². The van der Waals surface area contributed by atoms with Gasteiger partial charge >= 0.3 is 0 Å². The highest BCUT2D eigenvalue weighted by molar-refractivity contribution is 7.99. The first-order valence-corrected chi connectivity index (χ1v) is 11.5. The molecule has 2 aromatic carbocycles.